The molecule has 0 aliphatic rings. The quantitative estimate of drug-likeness (QED) is 0.851. The molecule has 4 heteroatoms. The van der Waals surface area contributed by atoms with Gasteiger partial charge in [0, 0.05) is 30.0 Å². The van der Waals surface area contributed by atoms with Crippen molar-refractivity contribution in [3.63, 3.8) is 0 Å². The lowest BCUT2D eigenvalue weighted by atomic mass is 10.2. The van der Waals surface area contributed by atoms with E-state index in [-0.39, 0.29) is 6.61 Å². The first-order valence-electron chi connectivity index (χ1n) is 6.15. The molecule has 0 spiro atoms. The number of hydrogen-bond donors (Lipinski definition) is 2. The predicted octanol–water partition coefficient (Wildman–Crippen LogP) is 2.57. The van der Waals surface area contributed by atoms with Crippen LogP contribution in [-0.2, 0) is 13.2 Å². The Morgan fingerprint density at radius 2 is 2.17 bits per heavy atom. The van der Waals surface area contributed by atoms with Crippen molar-refractivity contribution >= 4 is 5.69 Å². The number of nitrogens with one attached hydrogen (secondary N) is 1. The van der Waals surface area contributed by atoms with E-state index in [2.05, 4.69) is 24.3 Å². The molecular weight excluding hydrogens is 226 g/mol. The minimum absolute atomic E-state index is 0.0702. The summed E-state index contributed by atoms with van der Waals surface area (Å²) in [6.45, 7) is 5.02. The van der Waals surface area contributed by atoms with Gasteiger partial charge in [-0.2, -0.15) is 5.10 Å². The van der Waals surface area contributed by atoms with E-state index in [0.717, 1.165) is 23.4 Å². The van der Waals surface area contributed by atoms with E-state index in [1.165, 1.54) is 0 Å². The number of aromatic nitrogens is 2. The van der Waals surface area contributed by atoms with Crippen LogP contribution < -0.4 is 5.32 Å². The fourth-order valence-corrected chi connectivity index (χ4v) is 1.73. The van der Waals surface area contributed by atoms with E-state index in [9.17, 15) is 0 Å². The van der Waals surface area contributed by atoms with E-state index >= 15 is 0 Å². The van der Waals surface area contributed by atoms with Crippen molar-refractivity contribution in [1.82, 2.24) is 9.78 Å². The van der Waals surface area contributed by atoms with Gasteiger partial charge in [0.2, 0.25) is 0 Å². The van der Waals surface area contributed by atoms with Crippen molar-refractivity contribution in [3.05, 3.63) is 47.8 Å². The number of benzene rings is 1. The monoisotopic (exact) mass is 245 g/mol. The van der Waals surface area contributed by atoms with Gasteiger partial charge < -0.3 is 10.4 Å². The molecule has 2 N–H and O–H groups in total. The molecule has 1 aromatic carbocycles. The number of hydrogen-bond acceptors (Lipinski definition) is 3. The molecule has 0 radical (unpaired) electrons. The summed E-state index contributed by atoms with van der Waals surface area (Å²) >= 11 is 0. The van der Waals surface area contributed by atoms with Gasteiger partial charge in [0.05, 0.1) is 12.8 Å². The normalized spacial score (nSPS) is 10.9. The highest BCUT2D eigenvalue weighted by molar-refractivity contribution is 5.45. The van der Waals surface area contributed by atoms with Gasteiger partial charge in [-0.3, -0.25) is 4.68 Å². The van der Waals surface area contributed by atoms with E-state index in [0.29, 0.717) is 6.04 Å². The molecule has 0 fully saturated rings. The van der Waals surface area contributed by atoms with E-state index in [4.69, 9.17) is 5.11 Å². The first kappa shape index (κ1) is 12.6. The van der Waals surface area contributed by atoms with E-state index in [1.807, 2.05) is 41.3 Å². The van der Waals surface area contributed by atoms with Gasteiger partial charge in [0.15, 0.2) is 0 Å². The summed E-state index contributed by atoms with van der Waals surface area (Å²) in [6.07, 6.45) is 3.93. The van der Waals surface area contributed by atoms with Gasteiger partial charge in [-0.15, -0.1) is 0 Å². The Labute approximate surface area is 107 Å². The lowest BCUT2D eigenvalue weighted by molar-refractivity contribution is 0.282. The highest BCUT2D eigenvalue weighted by Crippen LogP contribution is 2.12. The van der Waals surface area contributed by atoms with Crippen LogP contribution in [0.3, 0.4) is 0 Å². The van der Waals surface area contributed by atoms with Gasteiger partial charge >= 0.3 is 0 Å². The third kappa shape index (κ3) is 3.11. The standard InChI is InChI=1S/C14H19N3O/c1-11(2)17-9-13(8-16-17)7-15-14-5-3-4-12(6-14)10-18/h3-6,8-9,11,15,18H,7,10H2,1-2H3. The fraction of sp³-hybridized carbons (Fsp3) is 0.357. The SMILES string of the molecule is CC(C)n1cc(CNc2cccc(CO)c2)cn1. The Hall–Kier alpha value is -1.81. The first-order chi connectivity index (χ1) is 8.69. The zero-order valence-electron chi connectivity index (χ0n) is 10.8. The average Bonchev–Trinajstić information content (AvgIpc) is 2.85. The Kier molecular flexibility index (Phi) is 3.99. The maximum atomic E-state index is 9.07. The maximum absolute atomic E-state index is 9.07. The summed E-state index contributed by atoms with van der Waals surface area (Å²) in [7, 11) is 0. The zero-order chi connectivity index (χ0) is 13.0. The van der Waals surface area contributed by atoms with Gasteiger partial charge in [-0.05, 0) is 31.5 Å². The molecule has 0 aliphatic heterocycles. The molecule has 2 rings (SSSR count). The van der Waals surface area contributed by atoms with Crippen LogP contribution in [0.2, 0.25) is 0 Å². The van der Waals surface area contributed by atoms with Crippen LogP contribution in [-0.4, -0.2) is 14.9 Å². The fourth-order valence-electron chi connectivity index (χ4n) is 1.73. The largest absolute Gasteiger partial charge is 0.392 e. The minimum Gasteiger partial charge on any atom is -0.392 e. The summed E-state index contributed by atoms with van der Waals surface area (Å²) < 4.78 is 1.95. The van der Waals surface area contributed by atoms with Gasteiger partial charge in [-0.25, -0.2) is 0 Å². The van der Waals surface area contributed by atoms with Gasteiger partial charge in [0.1, 0.15) is 0 Å². The van der Waals surface area contributed by atoms with Crippen LogP contribution in [0.4, 0.5) is 5.69 Å². The Morgan fingerprint density at radius 1 is 1.33 bits per heavy atom. The number of rotatable bonds is 5. The summed E-state index contributed by atoms with van der Waals surface area (Å²) in [6, 6.07) is 8.17. The lowest BCUT2D eigenvalue weighted by Crippen LogP contribution is -2.01. The summed E-state index contributed by atoms with van der Waals surface area (Å²) in [5, 5.41) is 16.7. The number of aliphatic hydroxyl groups is 1. The Balaban J connectivity index is 1.97. The molecule has 0 unspecified atom stereocenters. The van der Waals surface area contributed by atoms with Gasteiger partial charge in [-0.1, -0.05) is 12.1 Å². The summed E-state index contributed by atoms with van der Waals surface area (Å²) in [5.74, 6) is 0. The molecule has 4 nitrogen and oxygen atoms in total. The second-order valence-corrected chi connectivity index (χ2v) is 4.63. The topological polar surface area (TPSA) is 50.1 Å². The van der Waals surface area contributed by atoms with E-state index in [1.54, 1.807) is 0 Å². The van der Waals surface area contributed by atoms with Crippen LogP contribution in [0.15, 0.2) is 36.7 Å². The number of aliphatic hydroxyl groups excluding tert-OH is 1. The van der Waals surface area contributed by atoms with Crippen molar-refractivity contribution in [3.8, 4) is 0 Å². The molecule has 0 atom stereocenters. The smallest absolute Gasteiger partial charge is 0.0682 e. The minimum atomic E-state index is 0.0702. The van der Waals surface area contributed by atoms with E-state index < -0.39 is 0 Å². The summed E-state index contributed by atoms with van der Waals surface area (Å²) in [4.78, 5) is 0. The maximum Gasteiger partial charge on any atom is 0.0682 e. The molecule has 1 heterocycles. The average molecular weight is 245 g/mol. The number of anilines is 1. The molecule has 18 heavy (non-hydrogen) atoms. The Morgan fingerprint density at radius 3 is 2.83 bits per heavy atom. The lowest BCUT2D eigenvalue weighted by Gasteiger charge is -2.06. The molecule has 1 aromatic heterocycles. The van der Waals surface area contributed by atoms with Crippen LogP contribution >= 0.6 is 0 Å². The molecular formula is C14H19N3O. The van der Waals surface area contributed by atoms with Crippen molar-refractivity contribution in [1.29, 1.82) is 0 Å². The van der Waals surface area contributed by atoms with Crippen LogP contribution in [0.1, 0.15) is 31.0 Å². The zero-order valence-corrected chi connectivity index (χ0v) is 10.8. The molecule has 0 bridgehead atoms. The molecule has 96 valence electrons. The first-order valence-corrected chi connectivity index (χ1v) is 6.15. The predicted molar refractivity (Wildman–Crippen MR) is 72.3 cm³/mol. The number of nitrogens with zero attached hydrogens (tertiary/aromatic N) is 2. The van der Waals surface area contributed by atoms with Crippen molar-refractivity contribution < 1.29 is 5.11 Å². The molecule has 0 amide bonds. The molecule has 0 aliphatic carbocycles. The third-order valence-corrected chi connectivity index (χ3v) is 2.79. The third-order valence-electron chi connectivity index (χ3n) is 2.79. The molecule has 2 aromatic rings. The van der Waals surface area contributed by atoms with Crippen molar-refractivity contribution in [2.24, 2.45) is 0 Å². The highest BCUT2D eigenvalue weighted by Gasteiger charge is 2.01. The second kappa shape index (κ2) is 5.69. The Bertz CT molecular complexity index is 505. The molecule has 0 saturated heterocycles. The second-order valence-electron chi connectivity index (χ2n) is 4.63. The van der Waals surface area contributed by atoms with Crippen molar-refractivity contribution in [2.45, 2.75) is 33.0 Å². The molecule has 0 saturated carbocycles. The van der Waals surface area contributed by atoms with Crippen LogP contribution in [0.5, 0.6) is 0 Å². The van der Waals surface area contributed by atoms with Crippen LogP contribution in [0, 0.1) is 0 Å². The summed E-state index contributed by atoms with van der Waals surface area (Å²) in [5.41, 5.74) is 3.08. The van der Waals surface area contributed by atoms with Gasteiger partial charge in [0.25, 0.3) is 0 Å². The highest BCUT2D eigenvalue weighted by atomic mass is 16.3. The van der Waals surface area contributed by atoms with Crippen molar-refractivity contribution in [2.75, 3.05) is 5.32 Å². The van der Waals surface area contributed by atoms with Crippen LogP contribution in [0.25, 0.3) is 0 Å².